The van der Waals surface area contributed by atoms with Gasteiger partial charge in [-0.15, -0.1) is 0 Å². The first-order valence-corrected chi connectivity index (χ1v) is 13.4. The summed E-state index contributed by atoms with van der Waals surface area (Å²) in [5.74, 6) is 0. The molecule has 5 nitrogen and oxygen atoms in total. The summed E-state index contributed by atoms with van der Waals surface area (Å²) < 4.78 is 11.7. The lowest BCUT2D eigenvalue weighted by Crippen LogP contribution is -2.33. The lowest BCUT2D eigenvalue weighted by Gasteiger charge is -2.26. The van der Waals surface area contributed by atoms with Crippen molar-refractivity contribution in [1.82, 2.24) is 10.3 Å². The zero-order valence-electron chi connectivity index (χ0n) is 23.9. The fraction of sp³-hybridized carbons (Fsp3) is 0.406. The van der Waals surface area contributed by atoms with Crippen molar-refractivity contribution in [3.63, 3.8) is 0 Å². The van der Waals surface area contributed by atoms with Crippen molar-refractivity contribution in [2.45, 2.75) is 80.6 Å². The van der Waals surface area contributed by atoms with Crippen LogP contribution < -0.4 is 5.32 Å². The summed E-state index contributed by atoms with van der Waals surface area (Å²) in [4.78, 5) is 17.7. The van der Waals surface area contributed by atoms with E-state index in [1.807, 2.05) is 58.0 Å². The minimum atomic E-state index is -0.588. The quantitative estimate of drug-likeness (QED) is 0.314. The highest BCUT2D eigenvalue weighted by atomic mass is 32.1. The van der Waals surface area contributed by atoms with Gasteiger partial charge in [-0.3, -0.25) is 4.98 Å². The topological polar surface area (TPSA) is 60.5 Å². The number of carbonyl (C=O) groups is 1. The maximum Gasteiger partial charge on any atom is 0.407 e. The highest BCUT2D eigenvalue weighted by molar-refractivity contribution is 7.80. The number of aryl methyl sites for hydroxylation is 2. The van der Waals surface area contributed by atoms with E-state index in [0.717, 1.165) is 45.6 Å². The van der Waals surface area contributed by atoms with E-state index in [1.54, 1.807) is 0 Å². The molecule has 3 aromatic rings. The Morgan fingerprint density at radius 3 is 2.13 bits per heavy atom. The minimum absolute atomic E-state index is 0.00243. The number of nitrogens with one attached hydrogen (secondary N) is 1. The Hall–Kier alpha value is -3.25. The number of ether oxygens (including phenoxy) is 2. The predicted molar refractivity (Wildman–Crippen MR) is 158 cm³/mol. The maximum atomic E-state index is 12.6. The molecule has 202 valence electrons. The lowest BCUT2D eigenvalue weighted by molar-refractivity contribution is 0.0523. The van der Waals surface area contributed by atoms with Gasteiger partial charge >= 0.3 is 6.09 Å². The van der Waals surface area contributed by atoms with Gasteiger partial charge in [0.15, 0.2) is 5.05 Å². The summed E-state index contributed by atoms with van der Waals surface area (Å²) >= 11 is 5.59. The summed E-state index contributed by atoms with van der Waals surface area (Å²) in [5, 5.41) is 3.41. The molecule has 38 heavy (non-hydrogen) atoms. The van der Waals surface area contributed by atoms with Crippen LogP contribution in [0.3, 0.4) is 0 Å². The molecule has 1 amide bonds. The second kappa shape index (κ2) is 12.1. The molecule has 0 aliphatic heterocycles. The fourth-order valence-electron chi connectivity index (χ4n) is 4.20. The molecule has 0 spiro atoms. The minimum Gasteiger partial charge on any atom is -0.478 e. The Balaban J connectivity index is 2.11. The molecule has 0 fully saturated rings. The number of carbonyl (C=O) groups excluding carboxylic acids is 1. The molecule has 0 unspecified atom stereocenters. The third-order valence-electron chi connectivity index (χ3n) is 5.89. The SMILES string of the molecule is Cc1ccc(-c2c(COC(=S)c3ccccc3)c(C)nc(CC(C)(C)C)c2CNC(=O)OC(C)(C)C)cc1. The lowest BCUT2D eigenvalue weighted by atomic mass is 9.85. The highest BCUT2D eigenvalue weighted by Crippen LogP contribution is 2.35. The molecule has 1 heterocycles. The van der Waals surface area contributed by atoms with E-state index < -0.39 is 11.7 Å². The Bertz CT molecular complexity index is 1270. The number of aromatic nitrogens is 1. The van der Waals surface area contributed by atoms with E-state index in [1.165, 1.54) is 5.56 Å². The Labute approximate surface area is 233 Å². The van der Waals surface area contributed by atoms with Crippen LogP contribution in [0.2, 0.25) is 0 Å². The fourth-order valence-corrected chi connectivity index (χ4v) is 4.39. The standard InChI is InChI=1S/C32H40N2O3S/c1-21-14-16-23(17-15-21)28-25(19-33-30(35)37-32(6,7)8)27(18-31(3,4)5)34-22(2)26(28)20-36-29(38)24-12-10-9-11-13-24/h9-17H,18-20H2,1-8H3,(H,33,35). The van der Waals surface area contributed by atoms with Gasteiger partial charge in [0, 0.05) is 34.6 Å². The van der Waals surface area contributed by atoms with Crippen LogP contribution in [0.4, 0.5) is 4.79 Å². The molecule has 0 bridgehead atoms. The average Bonchev–Trinajstić information content (AvgIpc) is 2.81. The molecule has 1 aromatic heterocycles. The number of pyridine rings is 1. The Kier molecular flexibility index (Phi) is 9.31. The van der Waals surface area contributed by atoms with Crippen molar-refractivity contribution >= 4 is 23.4 Å². The number of nitrogens with zero attached hydrogens (tertiary/aromatic N) is 1. The van der Waals surface area contributed by atoms with Crippen molar-refractivity contribution < 1.29 is 14.3 Å². The van der Waals surface area contributed by atoms with Crippen LogP contribution in [0, 0.1) is 19.3 Å². The second-order valence-corrected chi connectivity index (χ2v) is 12.2. The third-order valence-corrected chi connectivity index (χ3v) is 6.25. The van der Waals surface area contributed by atoms with Crippen molar-refractivity contribution in [3.8, 4) is 11.1 Å². The van der Waals surface area contributed by atoms with Crippen LogP contribution >= 0.6 is 12.2 Å². The maximum absolute atomic E-state index is 12.6. The van der Waals surface area contributed by atoms with E-state index in [-0.39, 0.29) is 18.6 Å². The Morgan fingerprint density at radius 2 is 1.55 bits per heavy atom. The summed E-state index contributed by atoms with van der Waals surface area (Å²) in [6.45, 7) is 16.8. The molecule has 2 aromatic carbocycles. The largest absolute Gasteiger partial charge is 0.478 e. The second-order valence-electron chi connectivity index (χ2n) is 11.9. The van der Waals surface area contributed by atoms with Gasteiger partial charge < -0.3 is 14.8 Å². The van der Waals surface area contributed by atoms with Gasteiger partial charge in [-0.2, -0.15) is 0 Å². The smallest absolute Gasteiger partial charge is 0.407 e. The van der Waals surface area contributed by atoms with Gasteiger partial charge in [0.2, 0.25) is 0 Å². The third kappa shape index (κ3) is 8.38. The van der Waals surface area contributed by atoms with E-state index in [0.29, 0.717) is 5.05 Å². The van der Waals surface area contributed by atoms with Gasteiger partial charge in [-0.05, 0) is 69.8 Å². The van der Waals surface area contributed by atoms with Crippen LogP contribution in [0.25, 0.3) is 11.1 Å². The molecule has 0 radical (unpaired) electrons. The Morgan fingerprint density at radius 1 is 0.921 bits per heavy atom. The number of hydrogen-bond acceptors (Lipinski definition) is 5. The van der Waals surface area contributed by atoms with Gasteiger partial charge in [-0.25, -0.2) is 4.79 Å². The summed E-state index contributed by atoms with van der Waals surface area (Å²) in [6, 6.07) is 18.1. The van der Waals surface area contributed by atoms with Gasteiger partial charge in [0.25, 0.3) is 0 Å². The van der Waals surface area contributed by atoms with Gasteiger partial charge in [-0.1, -0.05) is 80.9 Å². The number of benzene rings is 2. The molecule has 0 aliphatic carbocycles. The van der Waals surface area contributed by atoms with E-state index in [9.17, 15) is 4.79 Å². The number of thiocarbonyl (C=S) groups is 1. The predicted octanol–water partition coefficient (Wildman–Crippen LogP) is 7.87. The first-order valence-electron chi connectivity index (χ1n) is 13.0. The number of hydrogen-bond donors (Lipinski definition) is 1. The molecule has 0 saturated carbocycles. The average molecular weight is 533 g/mol. The molecule has 0 saturated heterocycles. The zero-order chi connectivity index (χ0) is 28.1. The molecule has 3 rings (SSSR count). The first-order chi connectivity index (χ1) is 17.7. The van der Waals surface area contributed by atoms with Crippen molar-refractivity contribution in [1.29, 1.82) is 0 Å². The van der Waals surface area contributed by atoms with Gasteiger partial charge in [0.1, 0.15) is 12.2 Å². The van der Waals surface area contributed by atoms with Gasteiger partial charge in [0.05, 0.1) is 0 Å². The van der Waals surface area contributed by atoms with Crippen LogP contribution in [0.15, 0.2) is 54.6 Å². The van der Waals surface area contributed by atoms with Crippen molar-refractivity contribution in [2.24, 2.45) is 5.41 Å². The van der Waals surface area contributed by atoms with Crippen LogP contribution in [-0.4, -0.2) is 21.7 Å². The van der Waals surface area contributed by atoms with Crippen LogP contribution in [0.1, 0.15) is 75.2 Å². The molecule has 6 heteroatoms. The zero-order valence-corrected chi connectivity index (χ0v) is 24.7. The first kappa shape index (κ1) is 29.3. The highest BCUT2D eigenvalue weighted by Gasteiger charge is 2.25. The summed E-state index contributed by atoms with van der Waals surface area (Å²) in [7, 11) is 0. The van der Waals surface area contributed by atoms with E-state index in [2.05, 4.69) is 57.3 Å². The number of amides is 1. The normalized spacial score (nSPS) is 11.7. The van der Waals surface area contributed by atoms with E-state index >= 15 is 0 Å². The molecular weight excluding hydrogens is 492 g/mol. The van der Waals surface area contributed by atoms with Crippen LogP contribution in [0.5, 0.6) is 0 Å². The summed E-state index contributed by atoms with van der Waals surface area (Å²) in [5.41, 5.74) is 7.26. The molecular formula is C32H40N2O3S. The van der Waals surface area contributed by atoms with E-state index in [4.69, 9.17) is 26.7 Å². The molecule has 1 N–H and O–H groups in total. The number of alkyl carbamates (subject to hydrolysis) is 1. The summed E-state index contributed by atoms with van der Waals surface area (Å²) in [6.07, 6.45) is 0.291. The number of rotatable bonds is 7. The van der Waals surface area contributed by atoms with Crippen molar-refractivity contribution in [3.05, 3.63) is 88.2 Å². The van der Waals surface area contributed by atoms with Crippen LogP contribution in [-0.2, 0) is 29.0 Å². The molecule has 0 aliphatic rings. The van der Waals surface area contributed by atoms with Crippen molar-refractivity contribution in [2.75, 3.05) is 0 Å². The monoisotopic (exact) mass is 532 g/mol. The molecule has 0 atom stereocenters.